The Morgan fingerprint density at radius 1 is 1.52 bits per heavy atom. The van der Waals surface area contributed by atoms with Gasteiger partial charge in [-0.05, 0) is 20.3 Å². The van der Waals surface area contributed by atoms with E-state index in [-0.39, 0.29) is 12.5 Å². The van der Waals surface area contributed by atoms with Gasteiger partial charge < -0.3 is 15.2 Å². The van der Waals surface area contributed by atoms with Crippen LogP contribution < -0.4 is 5.32 Å². The topological polar surface area (TPSA) is 88.8 Å². The highest BCUT2D eigenvalue weighted by molar-refractivity contribution is 5.95. The molecule has 114 valence electrons. The Morgan fingerprint density at radius 2 is 2.29 bits per heavy atom. The number of ether oxygens (including phenoxy) is 1. The van der Waals surface area contributed by atoms with E-state index in [1.54, 1.807) is 10.7 Å². The number of carbonyl (C=O) groups excluding carboxylic acids is 1. The van der Waals surface area contributed by atoms with Crippen LogP contribution in [0.3, 0.4) is 0 Å². The summed E-state index contributed by atoms with van der Waals surface area (Å²) < 4.78 is 6.49. The third kappa shape index (κ3) is 3.56. The molecule has 0 radical (unpaired) electrons. The van der Waals surface area contributed by atoms with Crippen molar-refractivity contribution in [2.75, 3.05) is 20.3 Å². The minimum atomic E-state index is -0.578. The van der Waals surface area contributed by atoms with E-state index in [2.05, 4.69) is 15.4 Å². The highest BCUT2D eigenvalue weighted by Gasteiger charge is 2.14. The van der Waals surface area contributed by atoms with Gasteiger partial charge in [-0.15, -0.1) is 0 Å². The van der Waals surface area contributed by atoms with Crippen LogP contribution in [0.4, 0.5) is 0 Å². The molecular weight excluding hydrogens is 272 g/mol. The normalized spacial score (nSPS) is 12.6. The van der Waals surface area contributed by atoms with Crippen LogP contribution >= 0.6 is 0 Å². The first-order valence-corrected chi connectivity index (χ1v) is 6.80. The number of carbonyl (C=O) groups is 1. The predicted octanol–water partition coefficient (Wildman–Crippen LogP) is 0.473. The second-order valence-corrected chi connectivity index (χ2v) is 4.97. The minimum Gasteiger partial charge on any atom is -0.391 e. The molecule has 0 aromatic carbocycles. The molecule has 2 aromatic rings. The summed E-state index contributed by atoms with van der Waals surface area (Å²) in [5.74, 6) is -0.223. The first-order valence-electron chi connectivity index (χ1n) is 6.80. The van der Waals surface area contributed by atoms with Gasteiger partial charge in [-0.1, -0.05) is 0 Å². The van der Waals surface area contributed by atoms with E-state index in [0.29, 0.717) is 18.5 Å². The summed E-state index contributed by atoms with van der Waals surface area (Å²) in [5.41, 5.74) is 2.79. The second kappa shape index (κ2) is 6.64. The molecule has 1 atom stereocenters. The molecule has 0 aliphatic heterocycles. The average molecular weight is 292 g/mol. The molecule has 7 heteroatoms. The SMILES string of the molecule is COCC(O)CCNC(=O)c1cnc2cc(C)nn2c1C. The van der Waals surface area contributed by atoms with Gasteiger partial charge >= 0.3 is 0 Å². The molecule has 0 aliphatic rings. The number of methoxy groups -OCH3 is 1. The van der Waals surface area contributed by atoms with Gasteiger partial charge in [-0.2, -0.15) is 5.10 Å². The van der Waals surface area contributed by atoms with Crippen molar-refractivity contribution in [1.29, 1.82) is 0 Å². The predicted molar refractivity (Wildman–Crippen MR) is 77.3 cm³/mol. The van der Waals surface area contributed by atoms with Crippen molar-refractivity contribution in [1.82, 2.24) is 19.9 Å². The fourth-order valence-corrected chi connectivity index (χ4v) is 2.11. The van der Waals surface area contributed by atoms with Crippen LogP contribution in [-0.2, 0) is 4.74 Å². The number of nitrogens with zero attached hydrogens (tertiary/aromatic N) is 3. The third-order valence-electron chi connectivity index (χ3n) is 3.21. The van der Waals surface area contributed by atoms with E-state index >= 15 is 0 Å². The monoisotopic (exact) mass is 292 g/mol. The summed E-state index contributed by atoms with van der Waals surface area (Å²) in [6.07, 6.45) is 1.41. The second-order valence-electron chi connectivity index (χ2n) is 4.97. The van der Waals surface area contributed by atoms with Gasteiger partial charge in [-0.25, -0.2) is 9.50 Å². The Balaban J connectivity index is 2.04. The first kappa shape index (κ1) is 15.4. The van der Waals surface area contributed by atoms with Gasteiger partial charge in [0.05, 0.1) is 29.7 Å². The quantitative estimate of drug-likeness (QED) is 0.808. The fraction of sp³-hybridized carbons (Fsp3) is 0.500. The van der Waals surface area contributed by atoms with E-state index in [4.69, 9.17) is 4.74 Å². The largest absolute Gasteiger partial charge is 0.391 e. The van der Waals surface area contributed by atoms with Crippen molar-refractivity contribution in [3.63, 3.8) is 0 Å². The van der Waals surface area contributed by atoms with Crippen molar-refractivity contribution in [3.8, 4) is 0 Å². The summed E-state index contributed by atoms with van der Waals surface area (Å²) in [6.45, 7) is 4.34. The number of fused-ring (bicyclic) bond motifs is 1. The van der Waals surface area contributed by atoms with E-state index < -0.39 is 6.10 Å². The maximum absolute atomic E-state index is 12.2. The number of nitrogens with one attached hydrogen (secondary N) is 1. The van der Waals surface area contributed by atoms with Gasteiger partial charge in [0.15, 0.2) is 5.65 Å². The zero-order chi connectivity index (χ0) is 15.4. The highest BCUT2D eigenvalue weighted by atomic mass is 16.5. The number of aliphatic hydroxyl groups excluding tert-OH is 1. The molecular formula is C14H20N4O3. The molecule has 1 amide bonds. The van der Waals surface area contributed by atoms with Crippen LogP contribution in [0.5, 0.6) is 0 Å². The summed E-state index contributed by atoms with van der Waals surface area (Å²) in [7, 11) is 1.53. The van der Waals surface area contributed by atoms with E-state index in [9.17, 15) is 9.90 Å². The molecule has 7 nitrogen and oxygen atoms in total. The average Bonchev–Trinajstić information content (AvgIpc) is 2.81. The lowest BCUT2D eigenvalue weighted by Gasteiger charge is -2.11. The molecule has 0 saturated heterocycles. The Hall–Kier alpha value is -1.99. The molecule has 0 saturated carbocycles. The van der Waals surface area contributed by atoms with Crippen LogP contribution in [-0.4, -0.2) is 52.0 Å². The van der Waals surface area contributed by atoms with Gasteiger partial charge in [-0.3, -0.25) is 4.79 Å². The zero-order valence-corrected chi connectivity index (χ0v) is 12.5. The number of rotatable bonds is 6. The molecule has 2 N–H and O–H groups in total. The van der Waals surface area contributed by atoms with Crippen LogP contribution in [0.2, 0.25) is 0 Å². The number of amides is 1. The number of aromatic nitrogens is 3. The number of aliphatic hydroxyl groups is 1. The summed E-state index contributed by atoms with van der Waals surface area (Å²) in [6, 6.07) is 1.86. The molecule has 1 unspecified atom stereocenters. The fourth-order valence-electron chi connectivity index (χ4n) is 2.11. The molecule has 21 heavy (non-hydrogen) atoms. The van der Waals surface area contributed by atoms with Gasteiger partial charge in [0, 0.05) is 25.9 Å². The third-order valence-corrected chi connectivity index (χ3v) is 3.21. The number of hydrogen-bond donors (Lipinski definition) is 2. The van der Waals surface area contributed by atoms with Gasteiger partial charge in [0.1, 0.15) is 0 Å². The van der Waals surface area contributed by atoms with Gasteiger partial charge in [0.25, 0.3) is 5.91 Å². The van der Waals surface area contributed by atoms with Crippen molar-refractivity contribution < 1.29 is 14.6 Å². The van der Waals surface area contributed by atoms with Crippen LogP contribution in [0.15, 0.2) is 12.3 Å². The lowest BCUT2D eigenvalue weighted by Crippen LogP contribution is -2.29. The van der Waals surface area contributed by atoms with Crippen molar-refractivity contribution in [2.24, 2.45) is 0 Å². The molecule has 0 fully saturated rings. The van der Waals surface area contributed by atoms with E-state index in [1.165, 1.54) is 7.11 Å². The molecule has 2 aromatic heterocycles. The molecule has 0 bridgehead atoms. The van der Waals surface area contributed by atoms with Crippen molar-refractivity contribution in [2.45, 2.75) is 26.4 Å². The van der Waals surface area contributed by atoms with Gasteiger partial charge in [0.2, 0.25) is 0 Å². The standard InChI is InChI=1S/C14H20N4O3/c1-9-6-13-16-7-12(10(2)18(13)17-9)14(20)15-5-4-11(19)8-21-3/h6-7,11,19H,4-5,8H2,1-3H3,(H,15,20). The van der Waals surface area contributed by atoms with E-state index in [0.717, 1.165) is 17.0 Å². The highest BCUT2D eigenvalue weighted by Crippen LogP contribution is 2.10. The lowest BCUT2D eigenvalue weighted by atomic mass is 10.2. The molecule has 0 spiro atoms. The Kier molecular flexibility index (Phi) is 4.87. The summed E-state index contributed by atoms with van der Waals surface area (Å²) >= 11 is 0. The van der Waals surface area contributed by atoms with Crippen LogP contribution in [0.25, 0.3) is 5.65 Å². The van der Waals surface area contributed by atoms with Crippen LogP contribution in [0, 0.1) is 13.8 Å². The summed E-state index contributed by atoms with van der Waals surface area (Å²) in [5, 5.41) is 16.6. The molecule has 0 aliphatic carbocycles. The van der Waals surface area contributed by atoms with E-state index in [1.807, 2.05) is 19.9 Å². The smallest absolute Gasteiger partial charge is 0.254 e. The minimum absolute atomic E-state index is 0.223. The Labute approximate surface area is 122 Å². The maximum atomic E-state index is 12.2. The molecule has 2 heterocycles. The maximum Gasteiger partial charge on any atom is 0.254 e. The summed E-state index contributed by atoms with van der Waals surface area (Å²) in [4.78, 5) is 16.4. The van der Waals surface area contributed by atoms with Crippen molar-refractivity contribution in [3.05, 3.63) is 29.2 Å². The molecule has 2 rings (SSSR count). The zero-order valence-electron chi connectivity index (χ0n) is 12.5. The first-order chi connectivity index (χ1) is 10.0. The number of hydrogen-bond acceptors (Lipinski definition) is 5. The lowest BCUT2D eigenvalue weighted by molar-refractivity contribution is 0.0587. The Bertz CT molecular complexity index is 638. The van der Waals surface area contributed by atoms with Crippen molar-refractivity contribution >= 4 is 11.6 Å². The van der Waals surface area contributed by atoms with Crippen LogP contribution in [0.1, 0.15) is 28.2 Å². The number of aryl methyl sites for hydroxylation is 2. The Morgan fingerprint density at radius 3 is 3.00 bits per heavy atom.